The number of rotatable bonds is 5. The number of halogens is 3. The van der Waals surface area contributed by atoms with Crippen molar-refractivity contribution in [2.75, 3.05) is 6.61 Å². The second-order valence-electron chi connectivity index (χ2n) is 3.48. The smallest absolute Gasteiger partial charge is 0.422 e. The molecule has 0 bridgehead atoms. The van der Waals surface area contributed by atoms with Crippen LogP contribution in [0.25, 0.3) is 0 Å². The van der Waals surface area contributed by atoms with Crippen LogP contribution in [0.5, 0.6) is 0 Å². The van der Waals surface area contributed by atoms with Gasteiger partial charge in [0.1, 0.15) is 0 Å². The largest absolute Gasteiger partial charge is 0.461 e. The lowest BCUT2D eigenvalue weighted by Gasteiger charge is -2.13. The fourth-order valence-corrected chi connectivity index (χ4v) is 0.773. The van der Waals surface area contributed by atoms with Gasteiger partial charge in [-0.25, -0.2) is 4.79 Å². The van der Waals surface area contributed by atoms with Gasteiger partial charge in [0.15, 0.2) is 12.7 Å². The summed E-state index contributed by atoms with van der Waals surface area (Å²) in [5.74, 6) is -2.40. The zero-order valence-electron chi connectivity index (χ0n) is 9.28. The first-order valence-corrected chi connectivity index (χ1v) is 4.72. The number of aliphatic hydroxyl groups is 1. The van der Waals surface area contributed by atoms with Gasteiger partial charge in [-0.2, -0.15) is 13.2 Å². The summed E-state index contributed by atoms with van der Waals surface area (Å²) in [5, 5.41) is 9.11. The van der Waals surface area contributed by atoms with Crippen molar-refractivity contribution >= 4 is 11.9 Å². The van der Waals surface area contributed by atoms with Gasteiger partial charge < -0.3 is 14.6 Å². The van der Waals surface area contributed by atoms with E-state index in [1.54, 1.807) is 0 Å². The zero-order valence-corrected chi connectivity index (χ0v) is 9.28. The molecule has 100 valence electrons. The second kappa shape index (κ2) is 6.43. The Kier molecular flexibility index (Phi) is 5.94. The van der Waals surface area contributed by atoms with Gasteiger partial charge in [-0.1, -0.05) is 0 Å². The van der Waals surface area contributed by atoms with Gasteiger partial charge in [0.2, 0.25) is 0 Å². The lowest BCUT2D eigenvalue weighted by atomic mass is 10.2. The molecule has 0 radical (unpaired) electrons. The summed E-state index contributed by atoms with van der Waals surface area (Å²) in [6.07, 6.45) is -7.83. The van der Waals surface area contributed by atoms with Crippen molar-refractivity contribution in [3.05, 3.63) is 0 Å². The maximum Gasteiger partial charge on any atom is 0.422 e. The van der Waals surface area contributed by atoms with Crippen molar-refractivity contribution in [2.45, 2.75) is 38.7 Å². The van der Waals surface area contributed by atoms with Gasteiger partial charge in [-0.15, -0.1) is 0 Å². The van der Waals surface area contributed by atoms with Crippen molar-refractivity contribution in [1.29, 1.82) is 0 Å². The van der Waals surface area contributed by atoms with Crippen LogP contribution in [-0.4, -0.2) is 42.0 Å². The van der Waals surface area contributed by atoms with Crippen LogP contribution in [0.1, 0.15) is 20.3 Å². The molecule has 1 unspecified atom stereocenters. The minimum atomic E-state index is -4.64. The molecule has 8 heteroatoms. The van der Waals surface area contributed by atoms with Crippen molar-refractivity contribution in [2.24, 2.45) is 0 Å². The number of esters is 2. The molecule has 0 spiro atoms. The Balaban J connectivity index is 4.00. The molecule has 0 aliphatic carbocycles. The molecular weight excluding hydrogens is 245 g/mol. The summed E-state index contributed by atoms with van der Waals surface area (Å²) in [6, 6.07) is 0. The normalized spacial score (nSPS) is 13.4. The quantitative estimate of drug-likeness (QED) is 0.738. The van der Waals surface area contributed by atoms with E-state index in [-0.39, 0.29) is 0 Å². The fourth-order valence-electron chi connectivity index (χ4n) is 0.773. The minimum Gasteiger partial charge on any atom is -0.461 e. The summed E-state index contributed by atoms with van der Waals surface area (Å²) in [6.45, 7) is 1.29. The molecule has 0 aromatic rings. The number of aliphatic hydroxyl groups excluding tert-OH is 1. The highest BCUT2D eigenvalue weighted by atomic mass is 19.4. The lowest BCUT2D eigenvalue weighted by Crippen LogP contribution is -2.30. The Bertz CT molecular complexity index is 274. The summed E-state index contributed by atoms with van der Waals surface area (Å²) >= 11 is 0. The van der Waals surface area contributed by atoms with E-state index in [1.165, 1.54) is 13.8 Å². The third kappa shape index (κ3) is 8.49. The summed E-state index contributed by atoms with van der Waals surface area (Å²) in [7, 11) is 0. The molecule has 0 saturated heterocycles. The van der Waals surface area contributed by atoms with Crippen LogP contribution < -0.4 is 0 Å². The molecule has 5 nitrogen and oxygen atoms in total. The Labute approximate surface area is 95.5 Å². The molecular formula is C9H13F3O5. The standard InChI is InChI=1S/C9H13F3O5/c1-5(2)17-8(15)6(13)3-7(14)16-4-9(10,11)12/h5-6,13H,3-4H2,1-2H3. The van der Waals surface area contributed by atoms with Gasteiger partial charge in [0.25, 0.3) is 0 Å². The molecule has 0 heterocycles. The van der Waals surface area contributed by atoms with Crippen molar-refractivity contribution in [1.82, 2.24) is 0 Å². The van der Waals surface area contributed by atoms with Crippen LogP contribution in [0.4, 0.5) is 13.2 Å². The highest BCUT2D eigenvalue weighted by molar-refractivity contribution is 5.81. The molecule has 0 fully saturated rings. The maximum absolute atomic E-state index is 11.7. The SMILES string of the molecule is CC(C)OC(=O)C(O)CC(=O)OCC(F)(F)F. The summed E-state index contributed by atoms with van der Waals surface area (Å²) in [5.41, 5.74) is 0. The molecule has 0 amide bonds. The zero-order chi connectivity index (χ0) is 13.6. The molecule has 1 N–H and O–H groups in total. The van der Waals surface area contributed by atoms with Crippen LogP contribution in [-0.2, 0) is 19.1 Å². The Morgan fingerprint density at radius 2 is 1.82 bits per heavy atom. The van der Waals surface area contributed by atoms with Gasteiger partial charge in [0.05, 0.1) is 12.5 Å². The summed E-state index contributed by atoms with van der Waals surface area (Å²) < 4.78 is 43.3. The monoisotopic (exact) mass is 258 g/mol. The number of carbonyl (C=O) groups is 2. The lowest BCUT2D eigenvalue weighted by molar-refractivity contribution is -0.188. The Morgan fingerprint density at radius 1 is 1.29 bits per heavy atom. The minimum absolute atomic E-state index is 0.497. The molecule has 17 heavy (non-hydrogen) atoms. The van der Waals surface area contributed by atoms with Crippen molar-refractivity contribution in [3.63, 3.8) is 0 Å². The van der Waals surface area contributed by atoms with Crippen LogP contribution >= 0.6 is 0 Å². The van der Waals surface area contributed by atoms with Gasteiger partial charge in [-0.3, -0.25) is 4.79 Å². The Hall–Kier alpha value is -1.31. The fraction of sp³-hybridized carbons (Fsp3) is 0.778. The van der Waals surface area contributed by atoms with Crippen molar-refractivity contribution in [3.8, 4) is 0 Å². The van der Waals surface area contributed by atoms with Crippen LogP contribution in [0.3, 0.4) is 0 Å². The van der Waals surface area contributed by atoms with Crippen LogP contribution in [0.2, 0.25) is 0 Å². The molecule has 0 aliphatic rings. The topological polar surface area (TPSA) is 72.8 Å². The first-order chi connectivity index (χ1) is 7.61. The van der Waals surface area contributed by atoms with E-state index in [1.807, 2.05) is 0 Å². The predicted molar refractivity (Wildman–Crippen MR) is 48.9 cm³/mol. The number of alkyl halides is 3. The van der Waals surface area contributed by atoms with E-state index in [0.717, 1.165) is 0 Å². The van der Waals surface area contributed by atoms with E-state index in [4.69, 9.17) is 5.11 Å². The Morgan fingerprint density at radius 3 is 2.24 bits per heavy atom. The first-order valence-electron chi connectivity index (χ1n) is 4.72. The number of hydrogen-bond acceptors (Lipinski definition) is 5. The molecule has 0 aliphatic heterocycles. The molecule has 0 rings (SSSR count). The molecule has 0 aromatic carbocycles. The highest BCUT2D eigenvalue weighted by Gasteiger charge is 2.30. The predicted octanol–water partition coefficient (Wildman–Crippen LogP) is 0.794. The third-order valence-electron chi connectivity index (χ3n) is 1.38. The van der Waals surface area contributed by atoms with Crippen molar-refractivity contribution < 1.29 is 37.3 Å². The number of hydrogen-bond donors (Lipinski definition) is 1. The first kappa shape index (κ1) is 15.7. The van der Waals surface area contributed by atoms with Gasteiger partial charge in [-0.05, 0) is 13.8 Å². The third-order valence-corrected chi connectivity index (χ3v) is 1.38. The number of carbonyl (C=O) groups excluding carboxylic acids is 2. The maximum atomic E-state index is 11.7. The molecule has 1 atom stereocenters. The van der Waals surface area contributed by atoms with E-state index in [9.17, 15) is 22.8 Å². The average molecular weight is 258 g/mol. The highest BCUT2D eigenvalue weighted by Crippen LogP contribution is 2.15. The average Bonchev–Trinajstić information content (AvgIpc) is 2.12. The van der Waals surface area contributed by atoms with Gasteiger partial charge >= 0.3 is 18.1 Å². The number of ether oxygens (including phenoxy) is 2. The van der Waals surface area contributed by atoms with E-state index < -0.39 is 43.4 Å². The van der Waals surface area contributed by atoms with Crippen LogP contribution in [0.15, 0.2) is 0 Å². The second-order valence-corrected chi connectivity index (χ2v) is 3.48. The van der Waals surface area contributed by atoms with Gasteiger partial charge in [0, 0.05) is 0 Å². The molecule has 0 aromatic heterocycles. The molecule has 0 saturated carbocycles. The van der Waals surface area contributed by atoms with E-state index in [2.05, 4.69) is 9.47 Å². The van der Waals surface area contributed by atoms with E-state index in [0.29, 0.717) is 0 Å². The van der Waals surface area contributed by atoms with Crippen LogP contribution in [0, 0.1) is 0 Å². The summed E-state index contributed by atoms with van der Waals surface area (Å²) in [4.78, 5) is 21.8. The van der Waals surface area contributed by atoms with E-state index >= 15 is 0 Å².